The van der Waals surface area contributed by atoms with E-state index in [-0.39, 0.29) is 11.7 Å². The Morgan fingerprint density at radius 3 is 2.84 bits per heavy atom. The standard InChI is InChI=1S/C15H21FN2O/c1-11-9-12(16)6-7-14(11)15(19)18(3)10-13-5-4-8-17(13)2/h6-7,9,13H,4-5,8,10H2,1-3H3. The number of aryl methyl sites for hydroxylation is 1. The third kappa shape index (κ3) is 3.13. The molecule has 1 amide bonds. The Morgan fingerprint density at radius 2 is 2.26 bits per heavy atom. The lowest BCUT2D eigenvalue weighted by atomic mass is 10.1. The first kappa shape index (κ1) is 14.0. The number of nitrogens with zero attached hydrogens (tertiary/aromatic N) is 2. The number of halogens is 1. The van der Waals surface area contributed by atoms with E-state index in [9.17, 15) is 9.18 Å². The van der Waals surface area contributed by atoms with Crippen molar-refractivity contribution in [2.75, 3.05) is 27.2 Å². The summed E-state index contributed by atoms with van der Waals surface area (Å²) in [7, 11) is 3.91. The second kappa shape index (κ2) is 5.70. The van der Waals surface area contributed by atoms with Crippen LogP contribution in [-0.2, 0) is 0 Å². The molecule has 0 aromatic heterocycles. The number of carbonyl (C=O) groups is 1. The third-order valence-corrected chi connectivity index (χ3v) is 3.92. The lowest BCUT2D eigenvalue weighted by Crippen LogP contribution is -2.39. The summed E-state index contributed by atoms with van der Waals surface area (Å²) in [4.78, 5) is 16.4. The Bertz CT molecular complexity index is 475. The van der Waals surface area contributed by atoms with Gasteiger partial charge in [-0.25, -0.2) is 4.39 Å². The quantitative estimate of drug-likeness (QED) is 0.836. The smallest absolute Gasteiger partial charge is 0.253 e. The summed E-state index contributed by atoms with van der Waals surface area (Å²) in [6, 6.07) is 4.76. The molecule has 1 aliphatic heterocycles. The van der Waals surface area contributed by atoms with E-state index in [2.05, 4.69) is 11.9 Å². The number of hydrogen-bond acceptors (Lipinski definition) is 2. The summed E-state index contributed by atoms with van der Waals surface area (Å²) in [6.45, 7) is 3.60. The first-order valence-electron chi connectivity index (χ1n) is 6.71. The van der Waals surface area contributed by atoms with Gasteiger partial charge in [0.1, 0.15) is 5.82 Å². The highest BCUT2D eigenvalue weighted by atomic mass is 19.1. The molecule has 0 spiro atoms. The van der Waals surface area contributed by atoms with E-state index in [4.69, 9.17) is 0 Å². The van der Waals surface area contributed by atoms with Crippen LogP contribution in [-0.4, -0.2) is 48.9 Å². The van der Waals surface area contributed by atoms with Crippen LogP contribution in [0.5, 0.6) is 0 Å². The van der Waals surface area contributed by atoms with E-state index in [1.54, 1.807) is 17.9 Å². The van der Waals surface area contributed by atoms with Gasteiger partial charge in [0.05, 0.1) is 0 Å². The maximum atomic E-state index is 13.1. The lowest BCUT2D eigenvalue weighted by Gasteiger charge is -2.26. The van der Waals surface area contributed by atoms with Gasteiger partial charge < -0.3 is 9.80 Å². The predicted molar refractivity (Wildman–Crippen MR) is 73.7 cm³/mol. The fraction of sp³-hybridized carbons (Fsp3) is 0.533. The molecular weight excluding hydrogens is 243 g/mol. The van der Waals surface area contributed by atoms with E-state index in [0.29, 0.717) is 17.2 Å². The Labute approximate surface area is 114 Å². The molecule has 19 heavy (non-hydrogen) atoms. The van der Waals surface area contributed by atoms with Gasteiger partial charge in [-0.3, -0.25) is 4.79 Å². The summed E-state index contributed by atoms with van der Waals surface area (Å²) >= 11 is 0. The monoisotopic (exact) mass is 264 g/mol. The van der Waals surface area contributed by atoms with Crippen LogP contribution in [0, 0.1) is 12.7 Å². The largest absolute Gasteiger partial charge is 0.340 e. The number of likely N-dealkylation sites (N-methyl/N-ethyl adjacent to an activating group) is 2. The lowest BCUT2D eigenvalue weighted by molar-refractivity contribution is 0.0761. The summed E-state index contributed by atoms with van der Waals surface area (Å²) in [5.74, 6) is -0.329. The molecule has 1 aromatic carbocycles. The molecule has 1 unspecified atom stereocenters. The molecule has 1 aliphatic rings. The van der Waals surface area contributed by atoms with Crippen molar-refractivity contribution in [2.45, 2.75) is 25.8 Å². The van der Waals surface area contributed by atoms with Gasteiger partial charge in [-0.05, 0) is 57.1 Å². The van der Waals surface area contributed by atoms with Gasteiger partial charge in [0.25, 0.3) is 5.91 Å². The van der Waals surface area contributed by atoms with E-state index in [0.717, 1.165) is 19.5 Å². The zero-order valence-electron chi connectivity index (χ0n) is 11.8. The highest BCUT2D eigenvalue weighted by Gasteiger charge is 2.24. The second-order valence-corrected chi connectivity index (χ2v) is 5.42. The van der Waals surface area contributed by atoms with Gasteiger partial charge in [-0.2, -0.15) is 0 Å². The van der Waals surface area contributed by atoms with Gasteiger partial charge in [0.15, 0.2) is 0 Å². The number of hydrogen-bond donors (Lipinski definition) is 0. The number of rotatable bonds is 3. The first-order chi connectivity index (χ1) is 8.99. The molecule has 0 N–H and O–H groups in total. The molecule has 0 radical (unpaired) electrons. The van der Waals surface area contributed by atoms with Crippen LogP contribution >= 0.6 is 0 Å². The molecule has 1 atom stereocenters. The number of carbonyl (C=O) groups excluding carboxylic acids is 1. The fourth-order valence-electron chi connectivity index (χ4n) is 2.68. The minimum atomic E-state index is -0.299. The van der Waals surface area contributed by atoms with Crippen LogP contribution in [0.1, 0.15) is 28.8 Å². The van der Waals surface area contributed by atoms with Gasteiger partial charge in [-0.1, -0.05) is 0 Å². The maximum absolute atomic E-state index is 13.1. The predicted octanol–water partition coefficient (Wildman–Crippen LogP) is 2.30. The minimum absolute atomic E-state index is 0.0298. The van der Waals surface area contributed by atoms with Gasteiger partial charge in [-0.15, -0.1) is 0 Å². The van der Waals surface area contributed by atoms with Crippen LogP contribution < -0.4 is 0 Å². The number of benzene rings is 1. The average Bonchev–Trinajstić information content (AvgIpc) is 2.74. The molecule has 104 valence electrons. The summed E-state index contributed by atoms with van der Waals surface area (Å²) < 4.78 is 13.1. The second-order valence-electron chi connectivity index (χ2n) is 5.42. The molecule has 4 heteroatoms. The van der Waals surface area contributed by atoms with Crippen LogP contribution in [0.25, 0.3) is 0 Å². The summed E-state index contributed by atoms with van der Waals surface area (Å²) in [5.41, 5.74) is 1.28. The zero-order valence-corrected chi connectivity index (χ0v) is 11.8. The number of likely N-dealkylation sites (tertiary alicyclic amines) is 1. The fourth-order valence-corrected chi connectivity index (χ4v) is 2.68. The highest BCUT2D eigenvalue weighted by Crippen LogP contribution is 2.17. The molecule has 3 nitrogen and oxygen atoms in total. The molecule has 0 aliphatic carbocycles. The minimum Gasteiger partial charge on any atom is -0.340 e. The Kier molecular flexibility index (Phi) is 4.20. The van der Waals surface area contributed by atoms with Crippen molar-refractivity contribution in [2.24, 2.45) is 0 Å². The summed E-state index contributed by atoms with van der Waals surface area (Å²) in [6.07, 6.45) is 2.33. The normalized spacial score (nSPS) is 19.7. The van der Waals surface area contributed by atoms with E-state index >= 15 is 0 Å². The van der Waals surface area contributed by atoms with Crippen molar-refractivity contribution in [3.63, 3.8) is 0 Å². The van der Waals surface area contributed by atoms with Gasteiger partial charge in [0.2, 0.25) is 0 Å². The molecule has 1 fully saturated rings. The van der Waals surface area contributed by atoms with Crippen molar-refractivity contribution in [3.8, 4) is 0 Å². The highest BCUT2D eigenvalue weighted by molar-refractivity contribution is 5.95. The molecular formula is C15H21FN2O. The zero-order chi connectivity index (χ0) is 14.0. The van der Waals surface area contributed by atoms with E-state index in [1.807, 2.05) is 7.05 Å². The van der Waals surface area contributed by atoms with Gasteiger partial charge >= 0.3 is 0 Å². The SMILES string of the molecule is Cc1cc(F)ccc1C(=O)N(C)CC1CCCN1C. The van der Waals surface area contributed by atoms with Crippen LogP contribution in [0.4, 0.5) is 4.39 Å². The molecule has 0 saturated carbocycles. The average molecular weight is 264 g/mol. The Hall–Kier alpha value is -1.42. The molecule has 2 rings (SSSR count). The van der Waals surface area contributed by atoms with Crippen molar-refractivity contribution >= 4 is 5.91 Å². The molecule has 1 saturated heterocycles. The van der Waals surface area contributed by atoms with E-state index in [1.165, 1.54) is 18.6 Å². The van der Waals surface area contributed by atoms with Gasteiger partial charge in [0, 0.05) is 25.2 Å². The summed E-state index contributed by atoms with van der Waals surface area (Å²) in [5, 5.41) is 0. The van der Waals surface area contributed by atoms with Crippen molar-refractivity contribution in [1.29, 1.82) is 0 Å². The molecule has 1 heterocycles. The van der Waals surface area contributed by atoms with Crippen molar-refractivity contribution in [1.82, 2.24) is 9.80 Å². The number of amides is 1. The van der Waals surface area contributed by atoms with Crippen molar-refractivity contribution < 1.29 is 9.18 Å². The Morgan fingerprint density at radius 1 is 1.53 bits per heavy atom. The molecule has 1 aromatic rings. The third-order valence-electron chi connectivity index (χ3n) is 3.92. The van der Waals surface area contributed by atoms with E-state index < -0.39 is 0 Å². The maximum Gasteiger partial charge on any atom is 0.253 e. The molecule has 0 bridgehead atoms. The van der Waals surface area contributed by atoms with Crippen LogP contribution in [0.15, 0.2) is 18.2 Å². The van der Waals surface area contributed by atoms with Crippen LogP contribution in [0.2, 0.25) is 0 Å². The topological polar surface area (TPSA) is 23.6 Å². The van der Waals surface area contributed by atoms with Crippen molar-refractivity contribution in [3.05, 3.63) is 35.1 Å². The first-order valence-corrected chi connectivity index (χ1v) is 6.71. The van der Waals surface area contributed by atoms with Crippen LogP contribution in [0.3, 0.4) is 0 Å². The Balaban J connectivity index is 2.06.